The molecule has 0 fully saturated rings. The molecule has 0 saturated carbocycles. The second-order valence-electron chi connectivity index (χ2n) is 6.79. The molecule has 2 aromatic rings. The van der Waals surface area contributed by atoms with Crippen LogP contribution in [0, 0.1) is 11.6 Å². The smallest absolute Gasteiger partial charge is 0.337 e. The summed E-state index contributed by atoms with van der Waals surface area (Å²) in [7, 11) is 2.96. The highest BCUT2D eigenvalue weighted by Gasteiger charge is 2.24. The Morgan fingerprint density at radius 1 is 1.06 bits per heavy atom. The van der Waals surface area contributed by atoms with Crippen LogP contribution in [0.5, 0.6) is 0 Å². The summed E-state index contributed by atoms with van der Waals surface area (Å²) in [6.07, 6.45) is 8.21. The molecule has 2 aromatic carbocycles. The number of allylic oxidation sites excluding steroid dienone is 6. The molecule has 0 amide bonds. The lowest BCUT2D eigenvalue weighted by molar-refractivity contribution is -0.109. The zero-order chi connectivity index (χ0) is 22.5. The van der Waals surface area contributed by atoms with E-state index in [9.17, 15) is 14.0 Å². The van der Waals surface area contributed by atoms with E-state index in [0.717, 1.165) is 17.3 Å². The zero-order valence-corrected chi connectivity index (χ0v) is 17.4. The molecule has 4 nitrogen and oxygen atoms in total. The van der Waals surface area contributed by atoms with E-state index in [1.807, 2.05) is 6.08 Å². The number of carbonyl (C=O) groups is 2. The van der Waals surface area contributed by atoms with Crippen LogP contribution in [0.1, 0.15) is 28.4 Å². The average Bonchev–Trinajstić information content (AvgIpc) is 2.76. The number of methoxy groups -OCH3 is 1. The summed E-state index contributed by atoms with van der Waals surface area (Å²) >= 11 is 0. The molecule has 0 atom stereocenters. The first kappa shape index (κ1) is 21.9. The third-order valence-corrected chi connectivity index (χ3v) is 4.85. The van der Waals surface area contributed by atoms with Crippen LogP contribution >= 0.6 is 0 Å². The fourth-order valence-corrected chi connectivity index (χ4v) is 3.34. The van der Waals surface area contributed by atoms with E-state index in [2.05, 4.69) is 4.74 Å². The van der Waals surface area contributed by atoms with Crippen LogP contribution in [0.25, 0.3) is 11.3 Å². The number of carbonyl (C=O) groups excluding carboxylic acids is 2. The highest BCUT2D eigenvalue weighted by atomic mass is 19.1. The van der Waals surface area contributed by atoms with Crippen molar-refractivity contribution < 1.29 is 23.1 Å². The van der Waals surface area contributed by atoms with Gasteiger partial charge in [-0.15, -0.1) is 0 Å². The lowest BCUT2D eigenvalue weighted by atomic mass is 9.94. The van der Waals surface area contributed by atoms with Crippen molar-refractivity contribution in [2.45, 2.75) is 6.92 Å². The van der Waals surface area contributed by atoms with Crippen molar-refractivity contribution in [2.24, 2.45) is 0 Å². The van der Waals surface area contributed by atoms with Gasteiger partial charge in [0.15, 0.2) is 5.78 Å². The van der Waals surface area contributed by atoms with Crippen LogP contribution < -0.4 is 0 Å². The Kier molecular flexibility index (Phi) is 6.60. The first-order chi connectivity index (χ1) is 14.9. The van der Waals surface area contributed by atoms with Crippen LogP contribution in [0.4, 0.5) is 8.78 Å². The van der Waals surface area contributed by atoms with Gasteiger partial charge in [-0.1, -0.05) is 18.2 Å². The van der Waals surface area contributed by atoms with Gasteiger partial charge in [-0.05, 0) is 67.1 Å². The van der Waals surface area contributed by atoms with Gasteiger partial charge in [0.1, 0.15) is 11.6 Å². The monoisotopic (exact) mass is 421 g/mol. The minimum absolute atomic E-state index is 0.0472. The van der Waals surface area contributed by atoms with Crippen LogP contribution in [0.2, 0.25) is 0 Å². The van der Waals surface area contributed by atoms with E-state index in [0.29, 0.717) is 5.70 Å². The molecule has 0 bridgehead atoms. The topological polar surface area (TPSA) is 46.6 Å². The number of hydrogen-bond donors (Lipinski definition) is 0. The predicted octanol–water partition coefficient (Wildman–Crippen LogP) is 5.15. The van der Waals surface area contributed by atoms with Crippen molar-refractivity contribution >= 4 is 23.0 Å². The van der Waals surface area contributed by atoms with Gasteiger partial charge in [-0.2, -0.15) is 0 Å². The fraction of sp³-hybridized carbons (Fsp3) is 0.120. The molecule has 0 aromatic heterocycles. The first-order valence-corrected chi connectivity index (χ1v) is 9.55. The van der Waals surface area contributed by atoms with Crippen LogP contribution in [-0.4, -0.2) is 30.8 Å². The Labute approximate surface area is 179 Å². The van der Waals surface area contributed by atoms with Crippen molar-refractivity contribution in [2.75, 3.05) is 14.2 Å². The predicted molar refractivity (Wildman–Crippen MR) is 116 cm³/mol. The van der Waals surface area contributed by atoms with Gasteiger partial charge in [0.2, 0.25) is 0 Å². The normalized spacial score (nSPS) is 15.1. The number of halogens is 2. The molecule has 6 heteroatoms. The standard InChI is InChI=1S/C25H21F2NO3/c1-4-6-23(29)24(19-14-11-17(15-20(19)27)25(30)31-3)22-8-5-7-21(28(22)2)16-9-12-18(26)13-10-16/h4-15H,1-3H3/b6-4-,24-22-. The summed E-state index contributed by atoms with van der Waals surface area (Å²) in [6.45, 7) is 1.70. The van der Waals surface area contributed by atoms with Crippen LogP contribution in [0.3, 0.4) is 0 Å². The molecule has 1 aliphatic heterocycles. The second kappa shape index (κ2) is 9.34. The minimum atomic E-state index is -0.720. The Balaban J connectivity index is 2.16. The molecule has 0 aliphatic carbocycles. The maximum atomic E-state index is 15.0. The summed E-state index contributed by atoms with van der Waals surface area (Å²) in [4.78, 5) is 26.4. The van der Waals surface area contributed by atoms with Gasteiger partial charge in [-0.3, -0.25) is 4.79 Å². The highest BCUT2D eigenvalue weighted by Crippen LogP contribution is 2.33. The Morgan fingerprint density at radius 3 is 2.39 bits per heavy atom. The molecular weight excluding hydrogens is 400 g/mol. The largest absolute Gasteiger partial charge is 0.465 e. The van der Waals surface area contributed by atoms with Crippen molar-refractivity contribution in [1.29, 1.82) is 0 Å². The quantitative estimate of drug-likeness (QED) is 0.495. The molecule has 158 valence electrons. The van der Waals surface area contributed by atoms with Crippen molar-refractivity contribution in [3.8, 4) is 0 Å². The summed E-state index contributed by atoms with van der Waals surface area (Å²) in [5.41, 5.74) is 2.17. The summed E-state index contributed by atoms with van der Waals surface area (Å²) in [5.74, 6) is -2.14. The third-order valence-electron chi connectivity index (χ3n) is 4.85. The van der Waals surface area contributed by atoms with Crippen molar-refractivity contribution in [1.82, 2.24) is 4.90 Å². The van der Waals surface area contributed by atoms with Gasteiger partial charge in [0, 0.05) is 18.3 Å². The number of benzene rings is 2. The number of ketones is 1. The molecule has 0 saturated heterocycles. The number of likely N-dealkylation sites (N-methyl/N-ethyl adjacent to an activating group) is 1. The van der Waals surface area contributed by atoms with Gasteiger partial charge in [0.25, 0.3) is 0 Å². The molecule has 0 spiro atoms. The van der Waals surface area contributed by atoms with Crippen LogP contribution in [0.15, 0.2) is 78.5 Å². The Bertz CT molecular complexity index is 1140. The highest BCUT2D eigenvalue weighted by molar-refractivity contribution is 6.27. The van der Waals surface area contributed by atoms with E-state index >= 15 is 4.39 Å². The average molecular weight is 421 g/mol. The molecule has 31 heavy (non-hydrogen) atoms. The lowest BCUT2D eigenvalue weighted by Gasteiger charge is -2.29. The summed E-state index contributed by atoms with van der Waals surface area (Å²) in [6, 6.07) is 9.82. The Hall–Kier alpha value is -3.80. The second-order valence-corrected chi connectivity index (χ2v) is 6.79. The third kappa shape index (κ3) is 4.53. The van der Waals surface area contributed by atoms with Crippen LogP contribution in [-0.2, 0) is 9.53 Å². The van der Waals surface area contributed by atoms with Gasteiger partial charge < -0.3 is 9.64 Å². The molecule has 0 unspecified atom stereocenters. The van der Waals surface area contributed by atoms with Gasteiger partial charge in [-0.25, -0.2) is 13.6 Å². The number of esters is 1. The van der Waals surface area contributed by atoms with Gasteiger partial charge >= 0.3 is 5.97 Å². The van der Waals surface area contributed by atoms with Crippen molar-refractivity contribution in [3.63, 3.8) is 0 Å². The van der Waals surface area contributed by atoms with E-state index < -0.39 is 11.8 Å². The fourth-order valence-electron chi connectivity index (χ4n) is 3.34. The molecule has 1 heterocycles. The first-order valence-electron chi connectivity index (χ1n) is 9.55. The Morgan fingerprint density at radius 2 is 1.77 bits per heavy atom. The molecule has 3 rings (SSSR count). The maximum Gasteiger partial charge on any atom is 0.337 e. The van der Waals surface area contributed by atoms with E-state index in [1.165, 1.54) is 37.5 Å². The number of nitrogens with zero attached hydrogens (tertiary/aromatic N) is 1. The van der Waals surface area contributed by atoms with Crippen molar-refractivity contribution in [3.05, 3.63) is 107 Å². The zero-order valence-electron chi connectivity index (χ0n) is 17.4. The van der Waals surface area contributed by atoms with E-state index in [-0.39, 0.29) is 28.3 Å². The number of hydrogen-bond acceptors (Lipinski definition) is 4. The molecular formula is C25H21F2NO3. The van der Waals surface area contributed by atoms with E-state index in [1.54, 1.807) is 49.2 Å². The number of ether oxygens (including phenoxy) is 1. The van der Waals surface area contributed by atoms with Gasteiger partial charge in [0.05, 0.1) is 23.9 Å². The SMILES string of the molecule is C/C=C\C(=O)/C(=C1/C=CC=C(c2ccc(F)cc2)N1C)c1ccc(C(=O)OC)cc1F. The summed E-state index contributed by atoms with van der Waals surface area (Å²) < 4.78 is 33.0. The van der Waals surface area contributed by atoms with E-state index in [4.69, 9.17) is 0 Å². The minimum Gasteiger partial charge on any atom is -0.465 e. The molecule has 0 radical (unpaired) electrons. The number of rotatable bonds is 5. The maximum absolute atomic E-state index is 15.0. The molecule has 0 N–H and O–H groups in total. The molecule has 1 aliphatic rings. The lowest BCUT2D eigenvalue weighted by Crippen LogP contribution is -2.21. The summed E-state index contributed by atoms with van der Waals surface area (Å²) in [5, 5.41) is 0.